The summed E-state index contributed by atoms with van der Waals surface area (Å²) in [7, 11) is 0. The molecule has 14 heteroatoms. The van der Waals surface area contributed by atoms with E-state index in [9.17, 15) is 33.9 Å². The molecule has 3 unspecified atom stereocenters. The van der Waals surface area contributed by atoms with Gasteiger partial charge in [-0.15, -0.1) is 0 Å². The van der Waals surface area contributed by atoms with Crippen LogP contribution in [0.25, 0.3) is 0 Å². The van der Waals surface area contributed by atoms with Crippen molar-refractivity contribution >= 4 is 35.6 Å². The van der Waals surface area contributed by atoms with Crippen LogP contribution in [0, 0.1) is 0 Å². The maximum atomic E-state index is 12.3. The first-order valence-corrected chi connectivity index (χ1v) is 8.44. The van der Waals surface area contributed by atoms with Crippen LogP contribution >= 0.6 is 0 Å². The molecule has 0 fully saturated rings. The van der Waals surface area contributed by atoms with Gasteiger partial charge in [0, 0.05) is 12.8 Å². The maximum Gasteiger partial charge on any atom is 0.322 e. The Morgan fingerprint density at radius 2 is 1.38 bits per heavy atom. The Morgan fingerprint density at radius 1 is 0.793 bits per heavy atom. The summed E-state index contributed by atoms with van der Waals surface area (Å²) < 4.78 is 0. The van der Waals surface area contributed by atoms with Gasteiger partial charge in [0.25, 0.3) is 0 Å². The molecule has 0 saturated carbocycles. The number of aliphatic carboxylic acids is 2. The Hall–Kier alpha value is -3.26. The number of aliphatic hydroxyl groups is 1. The number of carbonyl (C=O) groups excluding carboxylic acids is 4. The SMILES string of the molecule is NC(=O)CCC(NC(=O)C(CO)NC(=O)C(N)CCC(=O)O)C(=O)NCC(=O)O. The van der Waals surface area contributed by atoms with E-state index in [1.54, 1.807) is 0 Å². The Kier molecular flexibility index (Phi) is 11.5. The molecule has 0 bridgehead atoms. The van der Waals surface area contributed by atoms with E-state index < -0.39 is 66.8 Å². The van der Waals surface area contributed by atoms with Crippen molar-refractivity contribution in [1.29, 1.82) is 0 Å². The first-order chi connectivity index (χ1) is 13.5. The lowest BCUT2D eigenvalue weighted by Gasteiger charge is -2.22. The van der Waals surface area contributed by atoms with Crippen LogP contribution in [0.15, 0.2) is 0 Å². The molecular weight excluding hydrogens is 394 g/mol. The predicted octanol–water partition coefficient (Wildman–Crippen LogP) is -4.39. The molecule has 14 nitrogen and oxygen atoms in total. The van der Waals surface area contributed by atoms with E-state index in [0.717, 1.165) is 0 Å². The summed E-state index contributed by atoms with van der Waals surface area (Å²) in [5.74, 6) is -6.10. The average Bonchev–Trinajstić information content (AvgIpc) is 2.64. The number of carboxylic acid groups (broad SMARTS) is 2. The van der Waals surface area contributed by atoms with Gasteiger partial charge >= 0.3 is 11.9 Å². The summed E-state index contributed by atoms with van der Waals surface area (Å²) in [5.41, 5.74) is 10.5. The number of carboxylic acids is 2. The number of nitrogens with one attached hydrogen (secondary N) is 3. The summed E-state index contributed by atoms with van der Waals surface area (Å²) in [6.45, 7) is -1.61. The quantitative estimate of drug-likeness (QED) is 0.134. The van der Waals surface area contributed by atoms with Crippen molar-refractivity contribution in [1.82, 2.24) is 16.0 Å². The molecule has 0 aromatic heterocycles. The van der Waals surface area contributed by atoms with Crippen molar-refractivity contribution in [2.45, 2.75) is 43.8 Å². The number of carbonyl (C=O) groups is 6. The number of hydrogen-bond acceptors (Lipinski definition) is 8. The number of rotatable bonds is 14. The van der Waals surface area contributed by atoms with Gasteiger partial charge in [0.05, 0.1) is 12.6 Å². The van der Waals surface area contributed by atoms with Gasteiger partial charge in [-0.25, -0.2) is 0 Å². The molecule has 4 amide bonds. The maximum absolute atomic E-state index is 12.3. The Labute approximate surface area is 165 Å². The standard InChI is InChI=1S/C15H25N5O9/c16-7(1-4-11(23)24)13(27)20-9(6-21)15(29)19-8(2-3-10(17)22)14(28)18-5-12(25)26/h7-9,21H,1-6,16H2,(H2,17,22)(H,18,28)(H,19,29)(H,20,27)(H,23,24)(H,25,26). The fraction of sp³-hybridized carbons (Fsp3) is 0.600. The molecular formula is C15H25N5O9. The molecule has 0 radical (unpaired) electrons. The topological polar surface area (TPSA) is 251 Å². The fourth-order valence-corrected chi connectivity index (χ4v) is 2.00. The van der Waals surface area contributed by atoms with Crippen LogP contribution in [0.1, 0.15) is 25.7 Å². The molecule has 3 atom stereocenters. The third-order valence-electron chi connectivity index (χ3n) is 3.55. The highest BCUT2D eigenvalue weighted by Gasteiger charge is 2.28. The van der Waals surface area contributed by atoms with Crippen molar-refractivity contribution in [3.63, 3.8) is 0 Å². The summed E-state index contributed by atoms with van der Waals surface area (Å²) >= 11 is 0. The highest BCUT2D eigenvalue weighted by molar-refractivity contribution is 5.94. The minimum atomic E-state index is -1.53. The minimum absolute atomic E-state index is 0.209. The largest absolute Gasteiger partial charge is 0.481 e. The summed E-state index contributed by atoms with van der Waals surface area (Å²) in [6, 6.07) is -4.14. The molecule has 164 valence electrons. The van der Waals surface area contributed by atoms with Crippen LogP contribution in [0.3, 0.4) is 0 Å². The second-order valence-electron chi connectivity index (χ2n) is 5.96. The molecule has 0 aliphatic rings. The van der Waals surface area contributed by atoms with Crippen molar-refractivity contribution in [3.8, 4) is 0 Å². The van der Waals surface area contributed by atoms with Crippen LogP contribution in [-0.4, -0.2) is 82.2 Å². The molecule has 0 aromatic carbocycles. The van der Waals surface area contributed by atoms with Crippen molar-refractivity contribution < 1.29 is 44.1 Å². The van der Waals surface area contributed by atoms with E-state index in [2.05, 4.69) is 10.6 Å². The molecule has 0 rings (SSSR count). The second kappa shape index (κ2) is 13.0. The van der Waals surface area contributed by atoms with E-state index in [1.165, 1.54) is 0 Å². The Morgan fingerprint density at radius 3 is 1.86 bits per heavy atom. The lowest BCUT2D eigenvalue weighted by molar-refractivity contribution is -0.139. The van der Waals surface area contributed by atoms with E-state index in [1.807, 2.05) is 5.32 Å². The minimum Gasteiger partial charge on any atom is -0.481 e. The summed E-state index contributed by atoms with van der Waals surface area (Å²) in [6.07, 6.45) is -1.15. The number of nitrogens with two attached hydrogens (primary N) is 2. The van der Waals surface area contributed by atoms with Crippen LogP contribution < -0.4 is 27.4 Å². The zero-order valence-corrected chi connectivity index (χ0v) is 15.4. The van der Waals surface area contributed by atoms with E-state index in [0.29, 0.717) is 0 Å². The highest BCUT2D eigenvalue weighted by atomic mass is 16.4. The van der Waals surface area contributed by atoms with Crippen LogP contribution in [0.5, 0.6) is 0 Å². The first kappa shape index (κ1) is 25.7. The fourth-order valence-electron chi connectivity index (χ4n) is 2.00. The van der Waals surface area contributed by atoms with Gasteiger partial charge in [-0.1, -0.05) is 0 Å². The predicted molar refractivity (Wildman–Crippen MR) is 94.9 cm³/mol. The molecule has 0 heterocycles. The molecule has 10 N–H and O–H groups in total. The number of hydrogen-bond donors (Lipinski definition) is 8. The van der Waals surface area contributed by atoms with Crippen molar-refractivity contribution in [2.75, 3.05) is 13.2 Å². The highest BCUT2D eigenvalue weighted by Crippen LogP contribution is 2.00. The van der Waals surface area contributed by atoms with Crippen molar-refractivity contribution in [2.24, 2.45) is 11.5 Å². The lowest BCUT2D eigenvalue weighted by atomic mass is 10.1. The van der Waals surface area contributed by atoms with Crippen LogP contribution in [-0.2, 0) is 28.8 Å². The van der Waals surface area contributed by atoms with E-state index >= 15 is 0 Å². The van der Waals surface area contributed by atoms with Crippen LogP contribution in [0.4, 0.5) is 0 Å². The smallest absolute Gasteiger partial charge is 0.322 e. The van der Waals surface area contributed by atoms with Gasteiger partial charge < -0.3 is 42.7 Å². The number of aliphatic hydroxyl groups excluding tert-OH is 1. The molecule has 29 heavy (non-hydrogen) atoms. The molecule has 0 spiro atoms. The van der Waals surface area contributed by atoms with Crippen molar-refractivity contribution in [3.05, 3.63) is 0 Å². The van der Waals surface area contributed by atoms with Gasteiger partial charge in [-0.05, 0) is 12.8 Å². The zero-order chi connectivity index (χ0) is 22.6. The number of amides is 4. The number of primary amides is 1. The lowest BCUT2D eigenvalue weighted by Crippen LogP contribution is -2.57. The van der Waals surface area contributed by atoms with Gasteiger partial charge in [-0.2, -0.15) is 0 Å². The monoisotopic (exact) mass is 419 g/mol. The third kappa shape index (κ3) is 11.2. The van der Waals surface area contributed by atoms with Gasteiger partial charge in [0.2, 0.25) is 23.6 Å². The molecule has 0 saturated heterocycles. The van der Waals surface area contributed by atoms with Crippen LogP contribution in [0.2, 0.25) is 0 Å². The average molecular weight is 419 g/mol. The summed E-state index contributed by atoms with van der Waals surface area (Å²) in [4.78, 5) is 68.2. The zero-order valence-electron chi connectivity index (χ0n) is 15.4. The summed E-state index contributed by atoms with van der Waals surface area (Å²) in [5, 5.41) is 32.8. The Bertz CT molecular complexity index is 640. The third-order valence-corrected chi connectivity index (χ3v) is 3.55. The Balaban J connectivity index is 4.99. The van der Waals surface area contributed by atoms with E-state index in [-0.39, 0.29) is 25.7 Å². The van der Waals surface area contributed by atoms with E-state index in [4.69, 9.17) is 21.7 Å². The molecule has 0 aliphatic heterocycles. The molecule has 0 aliphatic carbocycles. The normalized spacial score (nSPS) is 13.4. The first-order valence-electron chi connectivity index (χ1n) is 8.44. The molecule has 0 aromatic rings. The van der Waals surface area contributed by atoms with Gasteiger partial charge in [0.15, 0.2) is 0 Å². The second-order valence-corrected chi connectivity index (χ2v) is 5.96. The van der Waals surface area contributed by atoms with Gasteiger partial charge in [-0.3, -0.25) is 28.8 Å². The van der Waals surface area contributed by atoms with Gasteiger partial charge in [0.1, 0.15) is 18.6 Å².